The second-order valence-corrected chi connectivity index (χ2v) is 2.61. The minimum absolute atomic E-state index is 0. The van der Waals surface area contributed by atoms with E-state index >= 15 is 0 Å². The molecule has 0 saturated carbocycles. The van der Waals surface area contributed by atoms with Gasteiger partial charge in [0.05, 0.1) is 0 Å². The summed E-state index contributed by atoms with van der Waals surface area (Å²) in [5, 5.41) is 0. The molecule has 0 aliphatic carbocycles. The highest BCUT2D eigenvalue weighted by atomic mass is 16.1. The summed E-state index contributed by atoms with van der Waals surface area (Å²) >= 11 is 0. The Morgan fingerprint density at radius 1 is 1.45 bits per heavy atom. The fraction of sp³-hybridized carbons (Fsp3) is 0.444. The lowest BCUT2D eigenvalue weighted by molar-refractivity contribution is 0.844. The van der Waals surface area contributed by atoms with Crippen molar-refractivity contribution in [1.82, 2.24) is 4.98 Å². The van der Waals surface area contributed by atoms with Crippen LogP contribution < -0.4 is 5.56 Å². The Morgan fingerprint density at radius 3 is 2.45 bits per heavy atom. The second-order valence-electron chi connectivity index (χ2n) is 2.61. The summed E-state index contributed by atoms with van der Waals surface area (Å²) < 4.78 is 0. The molecule has 1 N–H and O–H groups in total. The van der Waals surface area contributed by atoms with Crippen LogP contribution in [0.3, 0.4) is 0 Å². The first kappa shape index (κ1) is 9.95. The van der Waals surface area contributed by atoms with Crippen LogP contribution in [0.1, 0.15) is 32.8 Å². The first-order valence-electron chi connectivity index (χ1n) is 3.39. The van der Waals surface area contributed by atoms with Gasteiger partial charge in [-0.1, -0.05) is 27.3 Å². The molecule has 0 atom stereocenters. The molecule has 0 bridgehead atoms. The molecule has 0 spiro atoms. The second kappa shape index (κ2) is 3.96. The molecular weight excluding hydrogens is 138 g/mol. The Kier molecular flexibility index (Phi) is 3.58. The molecule has 1 heterocycles. The lowest BCUT2D eigenvalue weighted by atomic mass is 10.1. The van der Waals surface area contributed by atoms with E-state index in [4.69, 9.17) is 0 Å². The standard InChI is InChI=1S/C8H11NO.CH4/c1-6(2)7-4-3-5-9-8(7)10;/h3-6H,1-2H3,(H,9,10);1H4. The summed E-state index contributed by atoms with van der Waals surface area (Å²) in [6.07, 6.45) is 1.65. The molecule has 2 nitrogen and oxygen atoms in total. The van der Waals surface area contributed by atoms with Crippen LogP contribution in [-0.4, -0.2) is 4.98 Å². The van der Waals surface area contributed by atoms with Gasteiger partial charge in [0.1, 0.15) is 0 Å². The van der Waals surface area contributed by atoms with Crippen molar-refractivity contribution in [2.24, 2.45) is 0 Å². The molecule has 62 valence electrons. The number of aromatic amines is 1. The van der Waals surface area contributed by atoms with Crippen LogP contribution in [0.5, 0.6) is 0 Å². The van der Waals surface area contributed by atoms with E-state index in [0.717, 1.165) is 5.56 Å². The maximum absolute atomic E-state index is 11.0. The molecule has 11 heavy (non-hydrogen) atoms. The molecule has 1 aromatic rings. The zero-order valence-electron chi connectivity index (χ0n) is 6.22. The van der Waals surface area contributed by atoms with Crippen molar-refractivity contribution in [3.63, 3.8) is 0 Å². The SMILES string of the molecule is C.CC(C)c1ccc[nH]c1=O. The molecule has 1 aromatic heterocycles. The monoisotopic (exact) mass is 153 g/mol. The normalized spacial score (nSPS) is 9.36. The Bertz CT molecular complexity index is 262. The van der Waals surface area contributed by atoms with Gasteiger partial charge in [-0.25, -0.2) is 0 Å². The van der Waals surface area contributed by atoms with Gasteiger partial charge in [0.15, 0.2) is 0 Å². The van der Waals surface area contributed by atoms with Crippen molar-refractivity contribution in [3.8, 4) is 0 Å². The van der Waals surface area contributed by atoms with E-state index in [2.05, 4.69) is 4.98 Å². The molecule has 0 aliphatic heterocycles. The molecule has 0 radical (unpaired) electrons. The predicted molar refractivity (Wildman–Crippen MR) is 47.9 cm³/mol. The number of hydrogen-bond donors (Lipinski definition) is 1. The van der Waals surface area contributed by atoms with Crippen molar-refractivity contribution < 1.29 is 0 Å². The van der Waals surface area contributed by atoms with Crippen molar-refractivity contribution in [2.75, 3.05) is 0 Å². The lowest BCUT2D eigenvalue weighted by Gasteiger charge is -2.00. The Balaban J connectivity index is 0.000001000. The quantitative estimate of drug-likeness (QED) is 0.658. The van der Waals surface area contributed by atoms with E-state index in [-0.39, 0.29) is 13.0 Å². The third-order valence-electron chi connectivity index (χ3n) is 1.47. The summed E-state index contributed by atoms with van der Waals surface area (Å²) in [6, 6.07) is 3.69. The zero-order chi connectivity index (χ0) is 7.56. The maximum atomic E-state index is 11.0. The summed E-state index contributed by atoms with van der Waals surface area (Å²) in [4.78, 5) is 13.6. The van der Waals surface area contributed by atoms with Crippen LogP contribution in [0.4, 0.5) is 0 Å². The van der Waals surface area contributed by atoms with E-state index in [9.17, 15) is 4.79 Å². The third kappa shape index (κ3) is 2.22. The van der Waals surface area contributed by atoms with Crippen molar-refractivity contribution in [1.29, 1.82) is 0 Å². The van der Waals surface area contributed by atoms with Gasteiger partial charge < -0.3 is 4.98 Å². The minimum Gasteiger partial charge on any atom is -0.329 e. The van der Waals surface area contributed by atoms with E-state index in [0.29, 0.717) is 5.92 Å². The van der Waals surface area contributed by atoms with Gasteiger partial charge in [0.25, 0.3) is 5.56 Å². The highest BCUT2D eigenvalue weighted by Crippen LogP contribution is 2.06. The van der Waals surface area contributed by atoms with Crippen LogP contribution in [-0.2, 0) is 0 Å². The molecule has 0 aromatic carbocycles. The number of aromatic nitrogens is 1. The topological polar surface area (TPSA) is 32.9 Å². The lowest BCUT2D eigenvalue weighted by Crippen LogP contribution is -2.11. The molecule has 0 amide bonds. The van der Waals surface area contributed by atoms with Crippen molar-refractivity contribution >= 4 is 0 Å². The predicted octanol–water partition coefficient (Wildman–Crippen LogP) is 2.13. The number of H-pyrrole nitrogens is 1. The van der Waals surface area contributed by atoms with E-state index in [1.165, 1.54) is 0 Å². The van der Waals surface area contributed by atoms with Crippen molar-refractivity contribution in [3.05, 3.63) is 34.2 Å². The summed E-state index contributed by atoms with van der Waals surface area (Å²) in [6.45, 7) is 4.01. The first-order chi connectivity index (χ1) is 4.72. The maximum Gasteiger partial charge on any atom is 0.251 e. The molecule has 0 saturated heterocycles. The van der Waals surface area contributed by atoms with Gasteiger partial charge in [-0.05, 0) is 12.0 Å². The Morgan fingerprint density at radius 2 is 2.09 bits per heavy atom. The summed E-state index contributed by atoms with van der Waals surface area (Å²) in [5.74, 6) is 0.310. The zero-order valence-corrected chi connectivity index (χ0v) is 6.22. The van der Waals surface area contributed by atoms with Crippen LogP contribution in [0.15, 0.2) is 23.1 Å². The number of pyridine rings is 1. The van der Waals surface area contributed by atoms with Crippen LogP contribution in [0, 0.1) is 0 Å². The van der Waals surface area contributed by atoms with Gasteiger partial charge >= 0.3 is 0 Å². The average molecular weight is 153 g/mol. The number of nitrogens with one attached hydrogen (secondary N) is 1. The van der Waals surface area contributed by atoms with E-state index in [1.54, 1.807) is 6.20 Å². The first-order valence-corrected chi connectivity index (χ1v) is 3.39. The van der Waals surface area contributed by atoms with Gasteiger partial charge in [-0.15, -0.1) is 0 Å². The minimum atomic E-state index is 0. The molecule has 0 unspecified atom stereocenters. The highest BCUT2D eigenvalue weighted by molar-refractivity contribution is 5.12. The Labute approximate surface area is 67.3 Å². The largest absolute Gasteiger partial charge is 0.329 e. The average Bonchev–Trinajstić information content (AvgIpc) is 1.88. The number of rotatable bonds is 1. The fourth-order valence-electron chi connectivity index (χ4n) is 0.889. The fourth-order valence-corrected chi connectivity index (χ4v) is 0.889. The molecular formula is C9H15NO. The highest BCUT2D eigenvalue weighted by Gasteiger charge is 2.00. The molecule has 0 aliphatic rings. The smallest absolute Gasteiger partial charge is 0.251 e. The summed E-state index contributed by atoms with van der Waals surface area (Å²) in [7, 11) is 0. The van der Waals surface area contributed by atoms with Crippen LogP contribution in [0.25, 0.3) is 0 Å². The molecule has 0 fully saturated rings. The van der Waals surface area contributed by atoms with Gasteiger partial charge in [0, 0.05) is 11.8 Å². The van der Waals surface area contributed by atoms with Crippen molar-refractivity contribution in [2.45, 2.75) is 27.2 Å². The summed E-state index contributed by atoms with van der Waals surface area (Å²) in [5.41, 5.74) is 0.875. The molecule has 2 heteroatoms. The van der Waals surface area contributed by atoms with E-state index in [1.807, 2.05) is 26.0 Å². The van der Waals surface area contributed by atoms with Gasteiger partial charge in [0.2, 0.25) is 0 Å². The molecule has 1 rings (SSSR count). The Hall–Kier alpha value is -1.05. The van der Waals surface area contributed by atoms with E-state index < -0.39 is 0 Å². The third-order valence-corrected chi connectivity index (χ3v) is 1.47. The number of hydrogen-bond acceptors (Lipinski definition) is 1. The van der Waals surface area contributed by atoms with Gasteiger partial charge in [-0.3, -0.25) is 4.79 Å². The van der Waals surface area contributed by atoms with Crippen LogP contribution in [0.2, 0.25) is 0 Å². The van der Waals surface area contributed by atoms with Crippen LogP contribution >= 0.6 is 0 Å². The van der Waals surface area contributed by atoms with Gasteiger partial charge in [-0.2, -0.15) is 0 Å².